The third kappa shape index (κ3) is 17.7. The largest absolute Gasteiger partial charge is 0 e. The average Bonchev–Trinajstić information content (AvgIpc) is 1.36. The van der Waals surface area contributed by atoms with Crippen LogP contribution in [0.3, 0.4) is 0 Å². The van der Waals surface area contributed by atoms with Gasteiger partial charge in [-0.25, -0.2) is 9.59 Å². The van der Waals surface area contributed by atoms with E-state index in [2.05, 4.69) is 0 Å². The predicted octanol–water partition coefficient (Wildman–Crippen LogP) is -1.87. The van der Waals surface area contributed by atoms with E-state index in [4.69, 9.17) is 19.8 Å². The van der Waals surface area contributed by atoms with Crippen LogP contribution in [0.4, 0.5) is 0 Å². The number of aliphatic carboxylic acids is 2. The summed E-state index contributed by atoms with van der Waals surface area (Å²) in [5.74, 6) is -3.65. The molecule has 0 amide bonds. The molecule has 0 aliphatic rings. The van der Waals surface area contributed by atoms with Crippen molar-refractivity contribution in [2.24, 2.45) is 0 Å². The molecular weight excluding hydrogens is 329 g/mol. The molecule has 9 heavy (non-hydrogen) atoms. The van der Waals surface area contributed by atoms with Crippen LogP contribution in [0.15, 0.2) is 0 Å². The normalized spacial score (nSPS) is 4.89. The van der Waals surface area contributed by atoms with Crippen molar-refractivity contribution in [3.8, 4) is 0 Å². The molecule has 56 valence electrons. The molecule has 0 spiro atoms. The molecule has 0 saturated heterocycles. The van der Waals surface area contributed by atoms with E-state index in [-0.39, 0.29) is 65.9 Å². The van der Waals surface area contributed by atoms with Crippen molar-refractivity contribution in [1.29, 1.82) is 0 Å². The van der Waals surface area contributed by atoms with Crippen molar-refractivity contribution >= 4 is 31.7 Å². The first-order chi connectivity index (χ1) is 2.64. The second kappa shape index (κ2) is 11.6. The standard InChI is InChI=1S/C2H2O4.Ga.Gd.H3N.3H/c3-1(4)2(5)6;;;;;;/h(H,3,4)(H,5,6);;;1H3;;;. The van der Waals surface area contributed by atoms with E-state index in [0.29, 0.717) is 0 Å². The number of hydrogen-bond acceptors (Lipinski definition) is 3. The van der Waals surface area contributed by atoms with E-state index in [1.165, 1.54) is 0 Å². The second-order valence-electron chi connectivity index (χ2n) is 0.610. The molecule has 0 aliphatic carbocycles. The Hall–Kier alpha value is 0.861. The van der Waals surface area contributed by atoms with Crippen molar-refractivity contribution in [2.45, 2.75) is 0 Å². The summed E-state index contributed by atoms with van der Waals surface area (Å²) in [6, 6.07) is 0. The first kappa shape index (κ1) is 22.5. The maximum absolute atomic E-state index is 9.10. The average molecular weight is 337 g/mol. The molecule has 7 heteroatoms. The van der Waals surface area contributed by atoms with Crippen LogP contribution in [-0.2, 0) is 9.59 Å². The predicted molar refractivity (Wildman–Crippen MR) is 30.2 cm³/mol. The summed E-state index contributed by atoms with van der Waals surface area (Å²) < 4.78 is 0. The number of carbonyl (C=O) groups is 2. The molecule has 0 fully saturated rings. The van der Waals surface area contributed by atoms with Gasteiger partial charge in [0.2, 0.25) is 0 Å². The number of rotatable bonds is 0. The van der Waals surface area contributed by atoms with Gasteiger partial charge in [-0.15, -0.1) is 0 Å². The van der Waals surface area contributed by atoms with Crippen LogP contribution in [-0.4, -0.2) is 41.9 Å². The van der Waals surface area contributed by atoms with E-state index in [1.54, 1.807) is 0 Å². The Kier molecular flexibility index (Phi) is 29.1. The van der Waals surface area contributed by atoms with Gasteiger partial charge in [0.25, 0.3) is 0 Å². The molecular formula is C2H8GaGdNO4. The van der Waals surface area contributed by atoms with Crippen LogP contribution in [0.5, 0.6) is 0 Å². The van der Waals surface area contributed by atoms with Crippen molar-refractivity contribution in [3.05, 3.63) is 0 Å². The fourth-order valence-corrected chi connectivity index (χ4v) is 0. The van der Waals surface area contributed by atoms with Crippen LogP contribution < -0.4 is 6.15 Å². The summed E-state index contributed by atoms with van der Waals surface area (Å²) in [5, 5.41) is 14.8. The zero-order valence-electron chi connectivity index (χ0n) is 3.77. The van der Waals surface area contributed by atoms with Gasteiger partial charge in [0, 0.05) is 39.9 Å². The maximum Gasteiger partial charge on any atom is 0 e. The van der Waals surface area contributed by atoms with E-state index in [9.17, 15) is 0 Å². The molecule has 0 atom stereocenters. The monoisotopic (exact) mass is 337 g/mol. The summed E-state index contributed by atoms with van der Waals surface area (Å²) in [6.07, 6.45) is 0. The third-order valence-electron chi connectivity index (χ3n) is 0.183. The SMILES string of the molecule is N.O=C(O)C(=O)O.[GaH3].[Gd]. The fourth-order valence-electron chi connectivity index (χ4n) is 0. The van der Waals surface area contributed by atoms with Crippen molar-refractivity contribution in [1.82, 2.24) is 6.15 Å². The van der Waals surface area contributed by atoms with E-state index in [0.717, 1.165) is 0 Å². The minimum atomic E-state index is -1.82. The van der Waals surface area contributed by atoms with Gasteiger partial charge in [0.1, 0.15) is 0 Å². The molecule has 0 aromatic carbocycles. The van der Waals surface area contributed by atoms with Crippen LogP contribution in [0, 0.1) is 39.9 Å². The van der Waals surface area contributed by atoms with Crippen molar-refractivity contribution < 1.29 is 59.7 Å². The second-order valence-corrected chi connectivity index (χ2v) is 0.610. The molecule has 0 rings (SSSR count). The molecule has 0 bridgehead atoms. The van der Waals surface area contributed by atoms with Gasteiger partial charge in [-0.2, -0.15) is 0 Å². The molecule has 0 aliphatic heterocycles. The molecule has 0 saturated carbocycles. The molecule has 0 heterocycles. The topological polar surface area (TPSA) is 110 Å². The Morgan fingerprint density at radius 1 is 1.00 bits per heavy atom. The van der Waals surface area contributed by atoms with Gasteiger partial charge in [-0.3, -0.25) is 0 Å². The quantitative estimate of drug-likeness (QED) is 0.355. The fraction of sp³-hybridized carbons (Fsp3) is 0. The molecule has 0 unspecified atom stereocenters. The Morgan fingerprint density at radius 3 is 1.11 bits per heavy atom. The Labute approximate surface area is 96.5 Å². The minimum Gasteiger partial charge on any atom is 0 e. The molecule has 5 nitrogen and oxygen atoms in total. The van der Waals surface area contributed by atoms with E-state index in [1.807, 2.05) is 0 Å². The third-order valence-corrected chi connectivity index (χ3v) is 0.183. The zero-order valence-corrected chi connectivity index (χ0v) is 6.04. The van der Waals surface area contributed by atoms with Crippen molar-refractivity contribution in [2.75, 3.05) is 0 Å². The summed E-state index contributed by atoms with van der Waals surface area (Å²) >= 11 is 0. The van der Waals surface area contributed by atoms with Gasteiger partial charge in [-0.1, -0.05) is 0 Å². The molecule has 5 N–H and O–H groups in total. The van der Waals surface area contributed by atoms with Crippen LogP contribution in [0.1, 0.15) is 0 Å². The van der Waals surface area contributed by atoms with Gasteiger partial charge >= 0.3 is 31.7 Å². The first-order valence-electron chi connectivity index (χ1n) is 1.11. The van der Waals surface area contributed by atoms with Gasteiger partial charge in [0.05, 0.1) is 0 Å². The Bertz CT molecular complexity index is 84.6. The minimum absolute atomic E-state index is 0. The van der Waals surface area contributed by atoms with E-state index >= 15 is 0 Å². The molecule has 0 radical (unpaired) electrons. The van der Waals surface area contributed by atoms with Crippen LogP contribution in [0.25, 0.3) is 0 Å². The Morgan fingerprint density at radius 2 is 1.11 bits per heavy atom. The number of carboxylic acid groups (broad SMARTS) is 2. The van der Waals surface area contributed by atoms with Crippen LogP contribution in [0.2, 0.25) is 0 Å². The smallest absolute Gasteiger partial charge is 0 e. The summed E-state index contributed by atoms with van der Waals surface area (Å²) in [7, 11) is 0. The van der Waals surface area contributed by atoms with E-state index < -0.39 is 11.9 Å². The Balaban J connectivity index is -0.0000000417. The molecule has 0 aromatic heterocycles. The summed E-state index contributed by atoms with van der Waals surface area (Å²) in [5.41, 5.74) is 0. The molecule has 0 aromatic rings. The van der Waals surface area contributed by atoms with Gasteiger partial charge < -0.3 is 16.4 Å². The summed E-state index contributed by atoms with van der Waals surface area (Å²) in [6.45, 7) is 0. The van der Waals surface area contributed by atoms with Gasteiger partial charge in [-0.05, 0) is 0 Å². The number of hydrogen-bond donors (Lipinski definition) is 3. The first-order valence-corrected chi connectivity index (χ1v) is 1.11. The number of carboxylic acids is 2. The van der Waals surface area contributed by atoms with Gasteiger partial charge in [0.15, 0.2) is 0 Å². The zero-order chi connectivity index (χ0) is 5.15. The summed E-state index contributed by atoms with van der Waals surface area (Å²) in [4.78, 5) is 18.2. The van der Waals surface area contributed by atoms with Crippen LogP contribution >= 0.6 is 0 Å². The van der Waals surface area contributed by atoms with Crippen molar-refractivity contribution in [3.63, 3.8) is 0 Å². The maximum atomic E-state index is 9.10.